The maximum absolute atomic E-state index is 13.9. The van der Waals surface area contributed by atoms with Crippen molar-refractivity contribution in [1.29, 1.82) is 0 Å². The Balaban J connectivity index is 2.60. The third-order valence-electron chi connectivity index (χ3n) is 2.69. The first-order chi connectivity index (χ1) is 9.61. The van der Waals surface area contributed by atoms with Gasteiger partial charge in [0, 0.05) is 17.7 Å². The van der Waals surface area contributed by atoms with Gasteiger partial charge in [0.2, 0.25) is 0 Å². The van der Waals surface area contributed by atoms with Crippen LogP contribution in [0.25, 0.3) is 11.4 Å². The number of alkyl halides is 3. The van der Waals surface area contributed by atoms with Crippen molar-refractivity contribution >= 4 is 21.9 Å². The highest BCUT2D eigenvalue weighted by molar-refractivity contribution is 9.10. The fourth-order valence-electron chi connectivity index (χ4n) is 1.74. The average molecular weight is 367 g/mol. The van der Waals surface area contributed by atoms with E-state index in [1.807, 2.05) is 0 Å². The molecule has 112 valence electrons. The number of carboxylic acids is 1. The summed E-state index contributed by atoms with van der Waals surface area (Å²) < 4.78 is 52.8. The van der Waals surface area contributed by atoms with Crippen LogP contribution in [-0.4, -0.2) is 20.6 Å². The van der Waals surface area contributed by atoms with Crippen LogP contribution >= 0.6 is 15.9 Å². The van der Waals surface area contributed by atoms with E-state index in [2.05, 4.69) is 20.9 Å². The molecule has 0 amide bonds. The largest absolute Gasteiger partial charge is 0.478 e. The van der Waals surface area contributed by atoms with E-state index in [0.717, 1.165) is 22.9 Å². The molecule has 0 aliphatic heterocycles. The van der Waals surface area contributed by atoms with Gasteiger partial charge >= 0.3 is 12.1 Å². The van der Waals surface area contributed by atoms with Crippen LogP contribution in [0.4, 0.5) is 17.6 Å². The predicted octanol–water partition coefficient (Wildman–Crippen LogP) is 3.71. The maximum Gasteiger partial charge on any atom is 0.434 e. The van der Waals surface area contributed by atoms with Crippen molar-refractivity contribution in [3.8, 4) is 11.4 Å². The molecular weight excluding hydrogens is 360 g/mol. The molecule has 2 aromatic rings. The highest BCUT2D eigenvalue weighted by atomic mass is 79.9. The number of benzene rings is 1. The number of aryl methyl sites for hydroxylation is 1. The fraction of sp³-hybridized carbons (Fsp3) is 0.167. The molecule has 1 N–H and O–H groups in total. The lowest BCUT2D eigenvalue weighted by molar-refractivity contribution is -0.140. The second-order valence-electron chi connectivity index (χ2n) is 4.18. The smallest absolute Gasteiger partial charge is 0.434 e. The molecule has 0 aliphatic carbocycles. The third-order valence-corrected chi connectivity index (χ3v) is 3.35. The Morgan fingerprint density at radius 2 is 2.00 bits per heavy atom. The first-order valence-electron chi connectivity index (χ1n) is 5.44. The minimum atomic E-state index is -4.65. The first-order valence-corrected chi connectivity index (χ1v) is 6.24. The zero-order valence-electron chi connectivity index (χ0n) is 10.4. The van der Waals surface area contributed by atoms with Crippen LogP contribution in [0.3, 0.4) is 0 Å². The van der Waals surface area contributed by atoms with Crippen molar-refractivity contribution in [2.75, 3.05) is 0 Å². The number of hydrogen-bond acceptors (Lipinski definition) is 2. The number of carboxylic acid groups (broad SMARTS) is 1. The van der Waals surface area contributed by atoms with E-state index in [1.54, 1.807) is 0 Å². The van der Waals surface area contributed by atoms with Crippen molar-refractivity contribution < 1.29 is 27.5 Å². The lowest BCUT2D eigenvalue weighted by Gasteiger charge is -2.06. The number of halogens is 5. The number of nitrogens with zero attached hydrogens (tertiary/aromatic N) is 2. The summed E-state index contributed by atoms with van der Waals surface area (Å²) in [6.45, 7) is 0. The molecule has 1 aromatic carbocycles. The van der Waals surface area contributed by atoms with Gasteiger partial charge in [0.05, 0.1) is 11.1 Å². The van der Waals surface area contributed by atoms with Gasteiger partial charge in [-0.05, 0) is 28.1 Å². The topological polar surface area (TPSA) is 55.1 Å². The van der Waals surface area contributed by atoms with Gasteiger partial charge in [-0.15, -0.1) is 0 Å². The molecule has 0 unspecified atom stereocenters. The standard InChI is InChI=1S/C12H7BrF4N2O2/c1-19-4-9(12(15,16)17)18-10(19)6-2-7(13)5(11(20)21)3-8(6)14/h2-4H,1H3,(H,20,21). The number of aromatic carboxylic acids is 1. The summed E-state index contributed by atoms with van der Waals surface area (Å²) in [6.07, 6.45) is -3.92. The summed E-state index contributed by atoms with van der Waals surface area (Å²) in [7, 11) is 1.29. The van der Waals surface area contributed by atoms with Crippen LogP contribution in [-0.2, 0) is 13.2 Å². The lowest BCUT2D eigenvalue weighted by Crippen LogP contribution is -2.05. The summed E-state index contributed by atoms with van der Waals surface area (Å²) in [6, 6.07) is 1.81. The molecule has 2 rings (SSSR count). The summed E-state index contributed by atoms with van der Waals surface area (Å²) in [4.78, 5) is 14.2. The molecular formula is C12H7BrF4N2O2. The van der Waals surface area contributed by atoms with Gasteiger partial charge in [-0.3, -0.25) is 0 Å². The highest BCUT2D eigenvalue weighted by Crippen LogP contribution is 2.33. The van der Waals surface area contributed by atoms with E-state index < -0.39 is 23.7 Å². The van der Waals surface area contributed by atoms with Gasteiger partial charge < -0.3 is 9.67 Å². The quantitative estimate of drug-likeness (QED) is 0.824. The SMILES string of the molecule is Cn1cc(C(F)(F)F)nc1-c1cc(Br)c(C(=O)O)cc1F. The molecule has 0 atom stereocenters. The second kappa shape index (κ2) is 5.14. The van der Waals surface area contributed by atoms with Gasteiger partial charge in [0.15, 0.2) is 5.69 Å². The predicted molar refractivity (Wildman–Crippen MR) is 68.3 cm³/mol. The maximum atomic E-state index is 13.9. The minimum Gasteiger partial charge on any atom is -0.478 e. The van der Waals surface area contributed by atoms with Crippen LogP contribution in [0, 0.1) is 5.82 Å². The van der Waals surface area contributed by atoms with Crippen LogP contribution in [0.2, 0.25) is 0 Å². The summed E-state index contributed by atoms with van der Waals surface area (Å²) in [5.41, 5.74) is -1.72. The van der Waals surface area contributed by atoms with Gasteiger partial charge in [-0.2, -0.15) is 13.2 Å². The Hall–Kier alpha value is -1.90. The van der Waals surface area contributed by atoms with Crippen molar-refractivity contribution in [3.63, 3.8) is 0 Å². The molecule has 1 aromatic heterocycles. The van der Waals surface area contributed by atoms with Crippen molar-refractivity contribution in [1.82, 2.24) is 9.55 Å². The molecule has 9 heteroatoms. The molecule has 4 nitrogen and oxygen atoms in total. The van der Waals surface area contributed by atoms with Gasteiger partial charge in [0.25, 0.3) is 0 Å². The molecule has 1 heterocycles. The Morgan fingerprint density at radius 1 is 1.38 bits per heavy atom. The molecule has 0 aliphatic rings. The number of imidazole rings is 1. The van der Waals surface area contributed by atoms with Gasteiger partial charge in [0.1, 0.15) is 11.6 Å². The number of aromatic nitrogens is 2. The first kappa shape index (κ1) is 15.5. The van der Waals surface area contributed by atoms with Crippen molar-refractivity contribution in [3.05, 3.63) is 39.9 Å². The van der Waals surface area contributed by atoms with E-state index in [0.29, 0.717) is 0 Å². The van der Waals surface area contributed by atoms with E-state index in [-0.39, 0.29) is 21.4 Å². The number of rotatable bonds is 2. The van der Waals surface area contributed by atoms with Crippen molar-refractivity contribution in [2.24, 2.45) is 7.05 Å². The van der Waals surface area contributed by atoms with E-state index in [4.69, 9.17) is 5.11 Å². The lowest BCUT2D eigenvalue weighted by atomic mass is 10.1. The van der Waals surface area contributed by atoms with Crippen LogP contribution in [0.15, 0.2) is 22.8 Å². The monoisotopic (exact) mass is 366 g/mol. The zero-order valence-corrected chi connectivity index (χ0v) is 12.0. The molecule has 0 fully saturated rings. The zero-order chi connectivity index (χ0) is 15.9. The second-order valence-corrected chi connectivity index (χ2v) is 5.03. The Kier molecular flexibility index (Phi) is 3.79. The molecule has 0 radical (unpaired) electrons. The normalized spacial score (nSPS) is 11.7. The fourth-order valence-corrected chi connectivity index (χ4v) is 2.25. The Labute approximate surface area is 124 Å². The van der Waals surface area contributed by atoms with Crippen LogP contribution in [0.1, 0.15) is 16.1 Å². The molecule has 21 heavy (non-hydrogen) atoms. The van der Waals surface area contributed by atoms with E-state index in [1.165, 1.54) is 7.05 Å². The van der Waals surface area contributed by atoms with Gasteiger partial charge in [-0.1, -0.05) is 0 Å². The third kappa shape index (κ3) is 2.92. The number of carbonyl (C=O) groups is 1. The summed E-state index contributed by atoms with van der Waals surface area (Å²) >= 11 is 2.94. The Bertz CT molecular complexity index is 725. The van der Waals surface area contributed by atoms with Gasteiger partial charge in [-0.25, -0.2) is 14.2 Å². The Morgan fingerprint density at radius 3 is 2.48 bits per heavy atom. The molecule has 0 bridgehead atoms. The molecule has 0 saturated carbocycles. The van der Waals surface area contributed by atoms with Crippen LogP contribution in [0.5, 0.6) is 0 Å². The van der Waals surface area contributed by atoms with E-state index in [9.17, 15) is 22.4 Å². The van der Waals surface area contributed by atoms with E-state index >= 15 is 0 Å². The minimum absolute atomic E-state index is 0.0444. The average Bonchev–Trinajstić information content (AvgIpc) is 2.73. The summed E-state index contributed by atoms with van der Waals surface area (Å²) in [5.74, 6) is -2.58. The highest BCUT2D eigenvalue weighted by Gasteiger charge is 2.35. The number of hydrogen-bond donors (Lipinski definition) is 1. The van der Waals surface area contributed by atoms with Crippen molar-refractivity contribution in [2.45, 2.75) is 6.18 Å². The summed E-state index contributed by atoms with van der Waals surface area (Å²) in [5, 5.41) is 8.85. The van der Waals surface area contributed by atoms with Crippen LogP contribution < -0.4 is 0 Å². The molecule has 0 spiro atoms. The molecule has 0 saturated heterocycles.